The zero-order chi connectivity index (χ0) is 20.8. The molecule has 0 amide bonds. The van der Waals surface area contributed by atoms with Gasteiger partial charge < -0.3 is 9.47 Å². The van der Waals surface area contributed by atoms with Gasteiger partial charge in [0.2, 0.25) is 0 Å². The summed E-state index contributed by atoms with van der Waals surface area (Å²) in [5.41, 5.74) is 2.95. The van der Waals surface area contributed by atoms with Crippen LogP contribution in [-0.2, 0) is 31.6 Å². The Morgan fingerprint density at radius 3 is 2.11 bits per heavy atom. The van der Waals surface area contributed by atoms with Crippen LogP contribution in [0.1, 0.15) is 79.0 Å². The number of fused-ring (bicyclic) bond motifs is 1. The normalized spacial score (nSPS) is 19.6. The number of hydrogen-bond acceptors (Lipinski definition) is 5. The summed E-state index contributed by atoms with van der Waals surface area (Å²) < 4.78 is 10.9. The first kappa shape index (κ1) is 21.8. The molecule has 1 aromatic carbocycles. The lowest BCUT2D eigenvalue weighted by Crippen LogP contribution is -2.28. The van der Waals surface area contributed by atoms with Gasteiger partial charge in [0.05, 0.1) is 4.75 Å². The predicted molar refractivity (Wildman–Crippen MR) is 110 cm³/mol. The Hall–Kier alpha value is -1.49. The van der Waals surface area contributed by atoms with Gasteiger partial charge in [-0.3, -0.25) is 9.59 Å². The van der Waals surface area contributed by atoms with Crippen LogP contribution in [0.4, 0.5) is 0 Å². The van der Waals surface area contributed by atoms with Crippen molar-refractivity contribution in [2.45, 2.75) is 89.2 Å². The summed E-state index contributed by atoms with van der Waals surface area (Å²) in [6.45, 7) is 18.2. The molecule has 2 rings (SSSR count). The minimum absolute atomic E-state index is 0.171. The molecule has 1 aliphatic rings. The van der Waals surface area contributed by atoms with Crippen LogP contribution in [0.2, 0.25) is 0 Å². The molecule has 1 aliphatic heterocycles. The van der Waals surface area contributed by atoms with Crippen LogP contribution in [0, 0.1) is 0 Å². The van der Waals surface area contributed by atoms with Crippen molar-refractivity contribution in [3.63, 3.8) is 0 Å². The summed E-state index contributed by atoms with van der Waals surface area (Å²) in [7, 11) is 0. The summed E-state index contributed by atoms with van der Waals surface area (Å²) in [6.07, 6.45) is 0.769. The number of carbonyl (C=O) groups excluding carboxylic acids is 2. The molecule has 0 N–H and O–H groups in total. The Labute approximate surface area is 167 Å². The van der Waals surface area contributed by atoms with Crippen LogP contribution < -0.4 is 4.74 Å². The fraction of sp³-hybridized carbons (Fsp3) is 0.636. The molecule has 0 radical (unpaired) electrons. The lowest BCUT2D eigenvalue weighted by atomic mass is 9.76. The van der Waals surface area contributed by atoms with Gasteiger partial charge in [-0.15, -0.1) is 11.8 Å². The van der Waals surface area contributed by atoms with E-state index in [-0.39, 0.29) is 27.5 Å². The third-order valence-electron chi connectivity index (χ3n) is 4.64. The summed E-state index contributed by atoms with van der Waals surface area (Å²) in [4.78, 5) is 24.4. The van der Waals surface area contributed by atoms with Crippen LogP contribution in [0.15, 0.2) is 11.0 Å². The second kappa shape index (κ2) is 7.16. The van der Waals surface area contributed by atoms with Crippen molar-refractivity contribution in [3.05, 3.63) is 22.8 Å². The molecule has 27 heavy (non-hydrogen) atoms. The van der Waals surface area contributed by atoms with Crippen LogP contribution in [0.5, 0.6) is 5.75 Å². The average Bonchev–Trinajstić information content (AvgIpc) is 2.77. The first-order valence-electron chi connectivity index (χ1n) is 9.36. The largest absolute Gasteiger partial charge is 0.464 e. The van der Waals surface area contributed by atoms with Crippen molar-refractivity contribution in [1.82, 2.24) is 0 Å². The van der Waals surface area contributed by atoms with Gasteiger partial charge in [0.15, 0.2) is 0 Å². The summed E-state index contributed by atoms with van der Waals surface area (Å²) in [5, 5.41) is 0. The maximum Gasteiger partial charge on any atom is 0.308 e. The van der Waals surface area contributed by atoms with E-state index < -0.39 is 0 Å². The number of esters is 2. The fourth-order valence-corrected chi connectivity index (χ4v) is 4.90. The molecule has 1 aromatic rings. The molecule has 4 nitrogen and oxygen atoms in total. The smallest absolute Gasteiger partial charge is 0.308 e. The number of thioether (sulfide) groups is 1. The van der Waals surface area contributed by atoms with Crippen molar-refractivity contribution < 1.29 is 19.1 Å². The Morgan fingerprint density at radius 1 is 1.07 bits per heavy atom. The zero-order valence-corrected chi connectivity index (χ0v) is 18.8. The summed E-state index contributed by atoms with van der Waals surface area (Å²) in [5.74, 6) is 0.123. The minimum Gasteiger partial charge on any atom is -0.464 e. The molecule has 1 atom stereocenters. The van der Waals surface area contributed by atoms with E-state index in [4.69, 9.17) is 9.47 Å². The van der Waals surface area contributed by atoms with E-state index in [1.807, 2.05) is 0 Å². The molecule has 0 aromatic heterocycles. The maximum absolute atomic E-state index is 11.9. The fourth-order valence-electron chi connectivity index (χ4n) is 3.56. The van der Waals surface area contributed by atoms with Crippen molar-refractivity contribution in [1.29, 1.82) is 0 Å². The lowest BCUT2D eigenvalue weighted by molar-refractivity contribution is -0.141. The number of carbonyl (C=O) groups is 2. The topological polar surface area (TPSA) is 52.6 Å². The van der Waals surface area contributed by atoms with E-state index in [2.05, 4.69) is 54.5 Å². The van der Waals surface area contributed by atoms with Crippen molar-refractivity contribution >= 4 is 23.7 Å². The van der Waals surface area contributed by atoms with E-state index in [0.717, 1.165) is 17.5 Å². The standard InChI is InChI=1S/C22H32O4S/c1-13(23)25-12-22(9)11-15-17(27-22)10-16(20(3,4)5)19(26-14(2)24)18(15)21(6,7)8/h10H,11-12H2,1-9H3. The second-order valence-corrected chi connectivity index (χ2v) is 11.3. The highest BCUT2D eigenvalue weighted by atomic mass is 32.2. The van der Waals surface area contributed by atoms with E-state index >= 15 is 0 Å². The van der Waals surface area contributed by atoms with Crippen molar-refractivity contribution in [2.24, 2.45) is 0 Å². The van der Waals surface area contributed by atoms with Crippen molar-refractivity contribution in [3.8, 4) is 5.75 Å². The summed E-state index contributed by atoms with van der Waals surface area (Å²) in [6, 6.07) is 2.16. The van der Waals surface area contributed by atoms with Gasteiger partial charge in [0.1, 0.15) is 12.4 Å². The van der Waals surface area contributed by atoms with Crippen LogP contribution in [0.25, 0.3) is 0 Å². The molecule has 0 spiro atoms. The molecule has 150 valence electrons. The van der Waals surface area contributed by atoms with Gasteiger partial charge in [-0.2, -0.15) is 0 Å². The highest BCUT2D eigenvalue weighted by Crippen LogP contribution is 2.53. The molecule has 0 fully saturated rings. The highest BCUT2D eigenvalue weighted by molar-refractivity contribution is 8.01. The molecular weight excluding hydrogens is 360 g/mol. The first-order valence-corrected chi connectivity index (χ1v) is 10.2. The lowest BCUT2D eigenvalue weighted by Gasteiger charge is -2.31. The van der Waals surface area contributed by atoms with Gasteiger partial charge in [-0.25, -0.2) is 0 Å². The minimum atomic E-state index is -0.306. The van der Waals surface area contributed by atoms with E-state index in [0.29, 0.717) is 12.4 Å². The molecule has 1 heterocycles. The SMILES string of the molecule is CC(=O)OCC1(C)Cc2c(cc(C(C)(C)C)c(OC(C)=O)c2C(C)(C)C)S1. The molecular formula is C22H32O4S. The Morgan fingerprint density at radius 2 is 1.67 bits per heavy atom. The number of hydrogen-bond donors (Lipinski definition) is 0. The molecule has 0 saturated heterocycles. The van der Waals surface area contributed by atoms with E-state index in [9.17, 15) is 9.59 Å². The number of rotatable bonds is 3. The van der Waals surface area contributed by atoms with Crippen molar-refractivity contribution in [2.75, 3.05) is 6.61 Å². The predicted octanol–water partition coefficient (Wildman–Crippen LogP) is 5.18. The molecule has 5 heteroatoms. The van der Waals surface area contributed by atoms with Gasteiger partial charge in [0, 0.05) is 29.9 Å². The second-order valence-electron chi connectivity index (χ2n) is 9.71. The molecule has 1 unspecified atom stereocenters. The van der Waals surface area contributed by atoms with Gasteiger partial charge in [0.25, 0.3) is 0 Å². The van der Waals surface area contributed by atoms with E-state index in [1.165, 1.54) is 24.3 Å². The van der Waals surface area contributed by atoms with Crippen LogP contribution in [0.3, 0.4) is 0 Å². The average molecular weight is 393 g/mol. The molecule has 0 saturated carbocycles. The van der Waals surface area contributed by atoms with Gasteiger partial charge >= 0.3 is 11.9 Å². The zero-order valence-electron chi connectivity index (χ0n) is 18.0. The molecule has 0 aliphatic carbocycles. The highest BCUT2D eigenvalue weighted by Gasteiger charge is 2.41. The van der Waals surface area contributed by atoms with Crippen LogP contribution in [-0.4, -0.2) is 23.3 Å². The quantitative estimate of drug-likeness (QED) is 0.524. The Balaban J connectivity index is 2.69. The van der Waals surface area contributed by atoms with Gasteiger partial charge in [-0.1, -0.05) is 41.5 Å². The Kier molecular flexibility index (Phi) is 5.78. The third kappa shape index (κ3) is 4.87. The summed E-state index contributed by atoms with van der Waals surface area (Å²) >= 11 is 1.75. The van der Waals surface area contributed by atoms with E-state index in [1.54, 1.807) is 11.8 Å². The molecule has 0 bridgehead atoms. The van der Waals surface area contributed by atoms with Gasteiger partial charge in [-0.05, 0) is 35.8 Å². The maximum atomic E-state index is 11.9. The monoisotopic (exact) mass is 392 g/mol. The third-order valence-corrected chi connectivity index (χ3v) is 5.98. The Bertz CT molecular complexity index is 768. The number of ether oxygens (including phenoxy) is 2. The van der Waals surface area contributed by atoms with Crippen LogP contribution >= 0.6 is 11.8 Å². The first-order chi connectivity index (χ1) is 12.1. The number of benzene rings is 1.